The first kappa shape index (κ1) is 15.7. The van der Waals surface area contributed by atoms with Gasteiger partial charge in [-0.05, 0) is 24.8 Å². The summed E-state index contributed by atoms with van der Waals surface area (Å²) in [6, 6.07) is 0. The highest BCUT2D eigenvalue weighted by Crippen LogP contribution is 2.05. The largest absolute Gasteiger partial charge is 0.481 e. The van der Waals surface area contributed by atoms with E-state index in [1.54, 1.807) is 0 Å². The number of hydrogen-bond acceptors (Lipinski definition) is 3. The number of nitrogens with zero attached hydrogens (tertiary/aromatic N) is 3. The van der Waals surface area contributed by atoms with Crippen LogP contribution in [-0.4, -0.2) is 30.8 Å². The van der Waals surface area contributed by atoms with Crippen LogP contribution in [0.3, 0.4) is 0 Å². The summed E-state index contributed by atoms with van der Waals surface area (Å²) < 4.78 is 5.35. The lowest BCUT2D eigenvalue weighted by Crippen LogP contribution is -1.98. The van der Waals surface area contributed by atoms with Crippen molar-refractivity contribution in [3.05, 3.63) is 10.4 Å². The molecule has 0 saturated heterocycles. The van der Waals surface area contributed by atoms with Crippen molar-refractivity contribution < 1.29 is 14.6 Å². The molecule has 0 unspecified atom stereocenters. The smallest absolute Gasteiger partial charge is 0.303 e. The second kappa shape index (κ2) is 12.8. The third-order valence-electron chi connectivity index (χ3n) is 2.29. The molecule has 0 amide bonds. The number of carboxylic acids is 1. The van der Waals surface area contributed by atoms with Gasteiger partial charge in [0.05, 0.1) is 0 Å². The van der Waals surface area contributed by atoms with Crippen molar-refractivity contribution in [3.63, 3.8) is 0 Å². The van der Waals surface area contributed by atoms with Gasteiger partial charge in [0.1, 0.15) is 0 Å². The van der Waals surface area contributed by atoms with Gasteiger partial charge in [-0.1, -0.05) is 24.4 Å². The van der Waals surface area contributed by atoms with E-state index in [1.165, 1.54) is 0 Å². The minimum atomic E-state index is -0.714. The molecule has 0 rings (SSSR count). The molecule has 0 aromatic carbocycles. The van der Waals surface area contributed by atoms with Crippen LogP contribution >= 0.6 is 0 Å². The Morgan fingerprint density at radius 1 is 1.12 bits per heavy atom. The third kappa shape index (κ3) is 14.7. The van der Waals surface area contributed by atoms with Gasteiger partial charge in [-0.3, -0.25) is 4.79 Å². The van der Waals surface area contributed by atoms with Crippen LogP contribution in [0.15, 0.2) is 5.11 Å². The summed E-state index contributed by atoms with van der Waals surface area (Å²) in [7, 11) is 0. The van der Waals surface area contributed by atoms with Crippen LogP contribution in [0.1, 0.15) is 44.9 Å². The van der Waals surface area contributed by atoms with Crippen LogP contribution in [-0.2, 0) is 9.53 Å². The zero-order valence-electron chi connectivity index (χ0n) is 10.2. The number of hydrogen-bond donors (Lipinski definition) is 1. The molecule has 0 aliphatic rings. The first-order valence-corrected chi connectivity index (χ1v) is 6.07. The summed E-state index contributed by atoms with van der Waals surface area (Å²) in [6.45, 7) is 1.86. The highest BCUT2D eigenvalue weighted by molar-refractivity contribution is 5.66. The number of carbonyl (C=O) groups is 1. The van der Waals surface area contributed by atoms with Crippen LogP contribution in [0.5, 0.6) is 0 Å². The third-order valence-corrected chi connectivity index (χ3v) is 2.29. The molecule has 0 aromatic rings. The van der Waals surface area contributed by atoms with Gasteiger partial charge in [-0.15, -0.1) is 0 Å². The van der Waals surface area contributed by atoms with E-state index in [4.69, 9.17) is 15.4 Å². The van der Waals surface area contributed by atoms with E-state index in [1.807, 2.05) is 0 Å². The molecule has 0 heterocycles. The first-order chi connectivity index (χ1) is 8.27. The number of rotatable bonds is 12. The Balaban J connectivity index is 2.98. The molecule has 0 aliphatic heterocycles. The molecule has 1 N–H and O–H groups in total. The van der Waals surface area contributed by atoms with E-state index < -0.39 is 5.97 Å². The van der Waals surface area contributed by atoms with E-state index in [0.29, 0.717) is 13.2 Å². The summed E-state index contributed by atoms with van der Waals surface area (Å²) in [4.78, 5) is 12.9. The average molecular weight is 243 g/mol. The number of azide groups is 1. The van der Waals surface area contributed by atoms with E-state index in [9.17, 15) is 4.79 Å². The summed E-state index contributed by atoms with van der Waals surface area (Å²) in [5.74, 6) is -0.714. The van der Waals surface area contributed by atoms with Gasteiger partial charge in [0.2, 0.25) is 0 Å². The Labute approximate surface area is 102 Å². The molecule has 0 saturated carbocycles. The molecule has 0 spiro atoms. The first-order valence-electron chi connectivity index (χ1n) is 6.07. The second-order valence-electron chi connectivity index (χ2n) is 3.83. The monoisotopic (exact) mass is 243 g/mol. The van der Waals surface area contributed by atoms with E-state index in [2.05, 4.69) is 10.0 Å². The molecule has 0 bridgehead atoms. The summed E-state index contributed by atoms with van der Waals surface area (Å²) >= 11 is 0. The highest BCUT2D eigenvalue weighted by Gasteiger charge is 1.96. The average Bonchev–Trinajstić information content (AvgIpc) is 2.30. The molecule has 6 heteroatoms. The van der Waals surface area contributed by atoms with E-state index >= 15 is 0 Å². The number of unbranched alkanes of at least 4 members (excludes halogenated alkanes) is 4. The van der Waals surface area contributed by atoms with Gasteiger partial charge >= 0.3 is 5.97 Å². The fourth-order valence-corrected chi connectivity index (χ4v) is 1.39. The maximum Gasteiger partial charge on any atom is 0.303 e. The van der Waals surface area contributed by atoms with Crippen molar-refractivity contribution in [2.75, 3.05) is 19.8 Å². The summed E-state index contributed by atoms with van der Waals surface area (Å²) in [6.07, 6.45) is 5.93. The van der Waals surface area contributed by atoms with Crippen LogP contribution in [0.4, 0.5) is 0 Å². The lowest BCUT2D eigenvalue weighted by Gasteiger charge is -2.02. The maximum atomic E-state index is 10.2. The second-order valence-corrected chi connectivity index (χ2v) is 3.83. The molecule has 0 fully saturated rings. The van der Waals surface area contributed by atoms with E-state index in [0.717, 1.165) is 45.1 Å². The van der Waals surface area contributed by atoms with Crippen molar-refractivity contribution in [2.45, 2.75) is 44.9 Å². The normalized spacial score (nSPS) is 9.88. The predicted octanol–water partition coefficient (Wildman–Crippen LogP) is 3.13. The number of carboxylic acid groups (broad SMARTS) is 1. The number of aliphatic carboxylic acids is 1. The van der Waals surface area contributed by atoms with Crippen LogP contribution < -0.4 is 0 Å². The molecular formula is C11H21N3O3. The number of ether oxygens (including phenoxy) is 1. The lowest BCUT2D eigenvalue weighted by molar-refractivity contribution is -0.137. The van der Waals surface area contributed by atoms with Gasteiger partial charge < -0.3 is 9.84 Å². The van der Waals surface area contributed by atoms with E-state index in [-0.39, 0.29) is 6.42 Å². The molecule has 6 nitrogen and oxygen atoms in total. The molecule has 0 radical (unpaired) electrons. The van der Waals surface area contributed by atoms with Crippen molar-refractivity contribution in [3.8, 4) is 0 Å². The van der Waals surface area contributed by atoms with Gasteiger partial charge in [-0.2, -0.15) is 0 Å². The Bertz CT molecular complexity index is 230. The highest BCUT2D eigenvalue weighted by atomic mass is 16.5. The Hall–Kier alpha value is -1.26. The Kier molecular flexibility index (Phi) is 11.9. The fourth-order valence-electron chi connectivity index (χ4n) is 1.39. The quantitative estimate of drug-likeness (QED) is 0.247. The fraction of sp³-hybridized carbons (Fsp3) is 0.909. The minimum absolute atomic E-state index is 0.274. The van der Waals surface area contributed by atoms with Crippen LogP contribution in [0, 0.1) is 0 Å². The molecule has 98 valence electrons. The minimum Gasteiger partial charge on any atom is -0.481 e. The molecule has 0 aliphatic carbocycles. The van der Waals surface area contributed by atoms with Gasteiger partial charge in [0.15, 0.2) is 0 Å². The molecular weight excluding hydrogens is 222 g/mol. The molecule has 0 atom stereocenters. The van der Waals surface area contributed by atoms with Crippen molar-refractivity contribution >= 4 is 5.97 Å². The standard InChI is InChI=1S/C11H21N3O3/c12-14-13-8-6-10-17-9-5-3-1-2-4-7-11(15)16/h1-10H2,(H,15,16). The van der Waals surface area contributed by atoms with Crippen LogP contribution in [0.2, 0.25) is 0 Å². The van der Waals surface area contributed by atoms with Crippen molar-refractivity contribution in [1.29, 1.82) is 0 Å². The Morgan fingerprint density at radius 3 is 2.47 bits per heavy atom. The lowest BCUT2D eigenvalue weighted by atomic mass is 10.1. The van der Waals surface area contributed by atoms with Crippen LogP contribution in [0.25, 0.3) is 10.4 Å². The summed E-state index contributed by atoms with van der Waals surface area (Å²) in [5, 5.41) is 11.8. The topological polar surface area (TPSA) is 95.3 Å². The maximum absolute atomic E-state index is 10.2. The Morgan fingerprint density at radius 2 is 1.76 bits per heavy atom. The van der Waals surface area contributed by atoms with Gasteiger partial charge in [0, 0.05) is 31.1 Å². The summed E-state index contributed by atoms with van der Waals surface area (Å²) in [5.41, 5.74) is 8.02. The van der Waals surface area contributed by atoms with Gasteiger partial charge in [-0.25, -0.2) is 0 Å². The molecule has 17 heavy (non-hydrogen) atoms. The molecule has 0 aromatic heterocycles. The predicted molar refractivity (Wildman–Crippen MR) is 64.8 cm³/mol. The SMILES string of the molecule is [N-]=[N+]=NCCCOCCCCCCCC(=O)O. The van der Waals surface area contributed by atoms with Crippen molar-refractivity contribution in [1.82, 2.24) is 0 Å². The van der Waals surface area contributed by atoms with Crippen molar-refractivity contribution in [2.24, 2.45) is 5.11 Å². The zero-order chi connectivity index (χ0) is 12.8. The zero-order valence-corrected chi connectivity index (χ0v) is 10.2. The van der Waals surface area contributed by atoms with Gasteiger partial charge in [0.25, 0.3) is 0 Å².